The average molecular weight is 328 g/mol. The Labute approximate surface area is 118 Å². The third kappa shape index (κ3) is 2.79. The topological polar surface area (TPSA) is 17.1 Å². The fourth-order valence-corrected chi connectivity index (χ4v) is 2.29. The first-order chi connectivity index (χ1) is 8.59. The van der Waals surface area contributed by atoms with E-state index in [-0.39, 0.29) is 18.0 Å². The molecule has 0 fully saturated rings. The van der Waals surface area contributed by atoms with Gasteiger partial charge in [0.25, 0.3) is 0 Å². The molecule has 18 heavy (non-hydrogen) atoms. The lowest BCUT2D eigenvalue weighted by Crippen LogP contribution is -2.05. The largest absolute Gasteiger partial charge is 0.294 e. The fourth-order valence-electron chi connectivity index (χ4n) is 1.64. The Kier molecular flexibility index (Phi) is 4.15. The van der Waals surface area contributed by atoms with Gasteiger partial charge < -0.3 is 0 Å². The molecule has 1 nitrogen and oxygen atoms in total. The van der Waals surface area contributed by atoms with E-state index in [1.54, 1.807) is 36.4 Å². The maximum Gasteiger partial charge on any atom is 0.168 e. The molecule has 2 aromatic carbocycles. The molecule has 2 aromatic rings. The Bertz CT molecular complexity index is 598. The van der Waals surface area contributed by atoms with Gasteiger partial charge in [-0.05, 0) is 39.7 Å². The summed E-state index contributed by atoms with van der Waals surface area (Å²) in [7, 11) is 0. The van der Waals surface area contributed by atoms with Gasteiger partial charge in [-0.3, -0.25) is 4.79 Å². The van der Waals surface area contributed by atoms with Gasteiger partial charge in [-0.1, -0.05) is 35.9 Å². The molecule has 0 atom stereocenters. The minimum atomic E-state index is -0.376. The zero-order valence-corrected chi connectivity index (χ0v) is 11.6. The first-order valence-corrected chi connectivity index (χ1v) is 6.47. The summed E-state index contributed by atoms with van der Waals surface area (Å²) < 4.78 is 13.7. The Morgan fingerprint density at radius 2 is 1.89 bits per heavy atom. The first-order valence-electron chi connectivity index (χ1n) is 5.30. The highest BCUT2D eigenvalue weighted by Gasteiger charge is 2.13. The number of benzene rings is 2. The van der Waals surface area contributed by atoms with Crippen molar-refractivity contribution in [1.29, 1.82) is 0 Å². The van der Waals surface area contributed by atoms with Crippen LogP contribution in [0.15, 0.2) is 46.9 Å². The Morgan fingerprint density at radius 3 is 2.61 bits per heavy atom. The summed E-state index contributed by atoms with van der Waals surface area (Å²) in [5.41, 5.74) is 1.07. The lowest BCUT2D eigenvalue weighted by molar-refractivity contribution is 0.0993. The maximum absolute atomic E-state index is 13.3. The van der Waals surface area contributed by atoms with Gasteiger partial charge in [-0.25, -0.2) is 4.39 Å². The molecule has 0 heterocycles. The van der Waals surface area contributed by atoms with Crippen LogP contribution in [0.5, 0.6) is 0 Å². The van der Waals surface area contributed by atoms with Crippen LogP contribution in [0.1, 0.15) is 15.9 Å². The van der Waals surface area contributed by atoms with Crippen LogP contribution in [-0.2, 0) is 6.42 Å². The lowest BCUT2D eigenvalue weighted by Gasteiger charge is -2.06. The van der Waals surface area contributed by atoms with Crippen LogP contribution in [0, 0.1) is 5.82 Å². The molecule has 0 amide bonds. The van der Waals surface area contributed by atoms with E-state index in [0.29, 0.717) is 20.6 Å². The van der Waals surface area contributed by atoms with E-state index in [0.717, 1.165) is 0 Å². The highest BCUT2D eigenvalue weighted by atomic mass is 79.9. The van der Waals surface area contributed by atoms with Crippen LogP contribution in [-0.4, -0.2) is 5.78 Å². The molecule has 4 heteroatoms. The van der Waals surface area contributed by atoms with Crippen LogP contribution in [0.25, 0.3) is 0 Å². The van der Waals surface area contributed by atoms with Crippen molar-refractivity contribution in [2.24, 2.45) is 0 Å². The number of hydrogen-bond donors (Lipinski definition) is 0. The minimum absolute atomic E-state index is 0.113. The molecule has 2 rings (SSSR count). The van der Waals surface area contributed by atoms with E-state index in [9.17, 15) is 9.18 Å². The Morgan fingerprint density at radius 1 is 1.17 bits per heavy atom. The Hall–Kier alpha value is -1.19. The van der Waals surface area contributed by atoms with Crippen molar-refractivity contribution in [2.75, 3.05) is 0 Å². The third-order valence-corrected chi connectivity index (χ3v) is 3.77. The van der Waals surface area contributed by atoms with E-state index in [1.165, 1.54) is 6.07 Å². The fraction of sp³-hybridized carbons (Fsp3) is 0.0714. The molecule has 0 bridgehead atoms. The molecule has 0 N–H and O–H groups in total. The summed E-state index contributed by atoms with van der Waals surface area (Å²) in [6, 6.07) is 11.5. The van der Waals surface area contributed by atoms with E-state index in [1.807, 2.05) is 0 Å². The van der Waals surface area contributed by atoms with Crippen LogP contribution in [0.4, 0.5) is 4.39 Å². The predicted molar refractivity (Wildman–Crippen MR) is 73.6 cm³/mol. The molecule has 0 spiro atoms. The molecule has 0 saturated heterocycles. The van der Waals surface area contributed by atoms with Gasteiger partial charge in [0.1, 0.15) is 5.82 Å². The molecule has 0 saturated carbocycles. The molecule has 92 valence electrons. The summed E-state index contributed by atoms with van der Waals surface area (Å²) in [6.45, 7) is 0. The van der Waals surface area contributed by atoms with E-state index in [2.05, 4.69) is 15.9 Å². The van der Waals surface area contributed by atoms with Crippen molar-refractivity contribution in [3.63, 3.8) is 0 Å². The van der Waals surface area contributed by atoms with Crippen molar-refractivity contribution in [1.82, 2.24) is 0 Å². The second-order valence-corrected chi connectivity index (χ2v) is 4.99. The van der Waals surface area contributed by atoms with Gasteiger partial charge in [0.2, 0.25) is 0 Å². The highest BCUT2D eigenvalue weighted by Crippen LogP contribution is 2.23. The van der Waals surface area contributed by atoms with Crippen molar-refractivity contribution in [3.05, 3.63) is 68.9 Å². The molecular formula is C14H9BrClFO. The van der Waals surface area contributed by atoms with Gasteiger partial charge in [-0.15, -0.1) is 0 Å². The zero-order chi connectivity index (χ0) is 13.1. The van der Waals surface area contributed by atoms with Crippen molar-refractivity contribution >= 4 is 33.3 Å². The number of carbonyl (C=O) groups is 1. The van der Waals surface area contributed by atoms with Gasteiger partial charge in [0, 0.05) is 12.0 Å². The predicted octanol–water partition coefficient (Wildman–Crippen LogP) is 4.67. The van der Waals surface area contributed by atoms with Gasteiger partial charge in [0.05, 0.1) is 9.50 Å². The van der Waals surface area contributed by atoms with Crippen molar-refractivity contribution < 1.29 is 9.18 Å². The van der Waals surface area contributed by atoms with Crippen molar-refractivity contribution in [3.8, 4) is 0 Å². The molecule has 0 aliphatic carbocycles. The summed E-state index contributed by atoms with van der Waals surface area (Å²) in [4.78, 5) is 12.1. The smallest absolute Gasteiger partial charge is 0.168 e. The molecule has 0 aromatic heterocycles. The van der Waals surface area contributed by atoms with E-state index >= 15 is 0 Å². The summed E-state index contributed by atoms with van der Waals surface area (Å²) in [5.74, 6) is -0.508. The van der Waals surface area contributed by atoms with Crippen LogP contribution in [0.2, 0.25) is 5.02 Å². The number of halogens is 3. The van der Waals surface area contributed by atoms with Crippen LogP contribution >= 0.6 is 27.5 Å². The molecule has 0 radical (unpaired) electrons. The standard InChI is InChI=1S/C14H9BrClFO/c15-14-9(4-3-7-12(14)17)8-13(18)10-5-1-2-6-11(10)16/h1-7H,8H2. The van der Waals surface area contributed by atoms with Gasteiger partial charge >= 0.3 is 0 Å². The molecule has 0 aliphatic heterocycles. The second kappa shape index (κ2) is 5.63. The summed E-state index contributed by atoms with van der Waals surface area (Å²) in [5, 5.41) is 0.412. The maximum atomic E-state index is 13.3. The van der Waals surface area contributed by atoms with Gasteiger partial charge in [-0.2, -0.15) is 0 Å². The summed E-state index contributed by atoms with van der Waals surface area (Å²) in [6.07, 6.45) is 0.113. The first kappa shape index (κ1) is 13.2. The SMILES string of the molecule is O=C(Cc1cccc(F)c1Br)c1ccccc1Cl. The third-order valence-electron chi connectivity index (χ3n) is 2.56. The van der Waals surface area contributed by atoms with Crippen molar-refractivity contribution in [2.45, 2.75) is 6.42 Å². The van der Waals surface area contributed by atoms with E-state index in [4.69, 9.17) is 11.6 Å². The number of hydrogen-bond acceptors (Lipinski definition) is 1. The number of carbonyl (C=O) groups excluding carboxylic acids is 1. The average Bonchev–Trinajstić information content (AvgIpc) is 2.35. The molecule has 0 aliphatic rings. The van der Waals surface area contributed by atoms with E-state index < -0.39 is 0 Å². The van der Waals surface area contributed by atoms with Crippen LogP contribution in [0.3, 0.4) is 0 Å². The lowest BCUT2D eigenvalue weighted by atomic mass is 10.0. The normalized spacial score (nSPS) is 10.4. The minimum Gasteiger partial charge on any atom is -0.294 e. The van der Waals surface area contributed by atoms with Gasteiger partial charge in [0.15, 0.2) is 5.78 Å². The number of Topliss-reactive ketones (excluding diaryl/α,β-unsaturated/α-hetero) is 1. The highest BCUT2D eigenvalue weighted by molar-refractivity contribution is 9.10. The summed E-state index contributed by atoms with van der Waals surface area (Å²) >= 11 is 9.09. The zero-order valence-electron chi connectivity index (χ0n) is 9.29. The monoisotopic (exact) mass is 326 g/mol. The molecule has 0 unspecified atom stereocenters. The second-order valence-electron chi connectivity index (χ2n) is 3.79. The number of rotatable bonds is 3. The quantitative estimate of drug-likeness (QED) is 0.749. The molecular weight excluding hydrogens is 319 g/mol. The Balaban J connectivity index is 2.27. The number of ketones is 1. The van der Waals surface area contributed by atoms with Crippen LogP contribution < -0.4 is 0 Å².